The van der Waals surface area contributed by atoms with Crippen molar-refractivity contribution in [2.24, 2.45) is 0 Å². The SMILES string of the molecule is COc1ccc(SCC(=O)N(C)[C@H]2CCCc3ccccc32)cc1. The molecule has 0 heterocycles. The molecule has 1 atom stereocenters. The molecule has 0 bridgehead atoms. The highest BCUT2D eigenvalue weighted by Crippen LogP contribution is 2.34. The molecule has 3 rings (SSSR count). The van der Waals surface area contributed by atoms with Crippen LogP contribution in [-0.4, -0.2) is 30.7 Å². The van der Waals surface area contributed by atoms with E-state index in [1.165, 1.54) is 11.1 Å². The Hall–Kier alpha value is -1.94. The predicted molar refractivity (Wildman–Crippen MR) is 98.6 cm³/mol. The van der Waals surface area contributed by atoms with Crippen LogP contribution in [0.4, 0.5) is 0 Å². The Kier molecular flexibility index (Phi) is 5.46. The molecule has 24 heavy (non-hydrogen) atoms. The molecule has 126 valence electrons. The van der Waals surface area contributed by atoms with E-state index >= 15 is 0 Å². The van der Waals surface area contributed by atoms with E-state index in [1.807, 2.05) is 36.2 Å². The van der Waals surface area contributed by atoms with Gasteiger partial charge < -0.3 is 9.64 Å². The number of fused-ring (bicyclic) bond motifs is 1. The molecule has 0 spiro atoms. The van der Waals surface area contributed by atoms with Crippen LogP contribution in [0.1, 0.15) is 30.0 Å². The number of rotatable bonds is 5. The van der Waals surface area contributed by atoms with E-state index < -0.39 is 0 Å². The van der Waals surface area contributed by atoms with E-state index in [-0.39, 0.29) is 11.9 Å². The quantitative estimate of drug-likeness (QED) is 0.759. The maximum absolute atomic E-state index is 12.6. The summed E-state index contributed by atoms with van der Waals surface area (Å²) in [7, 11) is 3.59. The number of carbonyl (C=O) groups excluding carboxylic acids is 1. The summed E-state index contributed by atoms with van der Waals surface area (Å²) in [6.07, 6.45) is 3.31. The van der Waals surface area contributed by atoms with Crippen LogP contribution >= 0.6 is 11.8 Å². The average Bonchev–Trinajstić information content (AvgIpc) is 2.65. The fraction of sp³-hybridized carbons (Fsp3) is 0.350. The van der Waals surface area contributed by atoms with E-state index in [0.29, 0.717) is 5.75 Å². The number of methoxy groups -OCH3 is 1. The van der Waals surface area contributed by atoms with Crippen molar-refractivity contribution in [3.8, 4) is 5.75 Å². The second kappa shape index (κ2) is 7.75. The van der Waals surface area contributed by atoms with Crippen molar-refractivity contribution in [2.75, 3.05) is 19.9 Å². The first-order valence-electron chi connectivity index (χ1n) is 8.29. The maximum atomic E-state index is 12.6. The van der Waals surface area contributed by atoms with Gasteiger partial charge in [0.25, 0.3) is 0 Å². The second-order valence-electron chi connectivity index (χ2n) is 6.08. The molecule has 0 unspecified atom stereocenters. The standard InChI is InChI=1S/C20H23NO2S/c1-21(19-9-5-7-15-6-3-4-8-18(15)19)20(22)14-24-17-12-10-16(23-2)11-13-17/h3-4,6,8,10-13,19H,5,7,9,14H2,1-2H3/t19-/m0/s1. The van der Waals surface area contributed by atoms with Crippen LogP contribution in [0.25, 0.3) is 0 Å². The number of hydrogen-bond acceptors (Lipinski definition) is 3. The van der Waals surface area contributed by atoms with Gasteiger partial charge in [-0.2, -0.15) is 0 Å². The lowest BCUT2D eigenvalue weighted by atomic mass is 9.87. The third-order valence-corrected chi connectivity index (χ3v) is 5.62. The first-order valence-corrected chi connectivity index (χ1v) is 9.28. The van der Waals surface area contributed by atoms with Crippen molar-refractivity contribution in [1.82, 2.24) is 4.90 Å². The Morgan fingerprint density at radius 1 is 1.21 bits per heavy atom. The molecular weight excluding hydrogens is 318 g/mol. The Labute approximate surface area is 148 Å². The minimum Gasteiger partial charge on any atom is -0.497 e. The topological polar surface area (TPSA) is 29.5 Å². The molecule has 4 heteroatoms. The van der Waals surface area contributed by atoms with E-state index in [9.17, 15) is 4.79 Å². The molecule has 0 N–H and O–H groups in total. The lowest BCUT2D eigenvalue weighted by Crippen LogP contribution is -2.34. The lowest BCUT2D eigenvalue weighted by molar-refractivity contribution is -0.129. The van der Waals surface area contributed by atoms with Crippen molar-refractivity contribution < 1.29 is 9.53 Å². The minimum atomic E-state index is 0.178. The molecule has 0 aromatic heterocycles. The van der Waals surface area contributed by atoms with Crippen molar-refractivity contribution in [3.05, 3.63) is 59.7 Å². The normalized spacial score (nSPS) is 16.3. The lowest BCUT2D eigenvalue weighted by Gasteiger charge is -2.33. The third kappa shape index (κ3) is 3.75. The number of nitrogens with zero attached hydrogens (tertiary/aromatic N) is 1. The number of thioether (sulfide) groups is 1. The highest BCUT2D eigenvalue weighted by molar-refractivity contribution is 8.00. The van der Waals surface area contributed by atoms with Crippen LogP contribution in [0, 0.1) is 0 Å². The summed E-state index contributed by atoms with van der Waals surface area (Å²) in [5.41, 5.74) is 2.70. The molecule has 0 aliphatic heterocycles. The summed E-state index contributed by atoms with van der Waals surface area (Å²) in [6, 6.07) is 16.6. The molecular formula is C20H23NO2S. The monoisotopic (exact) mass is 341 g/mol. The number of ether oxygens (including phenoxy) is 1. The van der Waals surface area contributed by atoms with Crippen LogP contribution in [0.5, 0.6) is 5.75 Å². The van der Waals surface area contributed by atoms with Gasteiger partial charge in [-0.3, -0.25) is 4.79 Å². The van der Waals surface area contributed by atoms with E-state index in [0.717, 1.165) is 29.9 Å². The zero-order valence-corrected chi connectivity index (χ0v) is 15.0. The number of carbonyl (C=O) groups is 1. The first kappa shape index (κ1) is 16.9. The smallest absolute Gasteiger partial charge is 0.233 e. The molecule has 2 aromatic rings. The van der Waals surface area contributed by atoms with Crippen molar-refractivity contribution in [1.29, 1.82) is 0 Å². The molecule has 0 saturated carbocycles. The van der Waals surface area contributed by atoms with Crippen LogP contribution < -0.4 is 4.74 Å². The van der Waals surface area contributed by atoms with Gasteiger partial charge in [-0.05, 0) is 54.7 Å². The minimum absolute atomic E-state index is 0.178. The van der Waals surface area contributed by atoms with E-state index in [4.69, 9.17) is 4.74 Å². The van der Waals surface area contributed by atoms with Gasteiger partial charge in [0.15, 0.2) is 0 Å². The van der Waals surface area contributed by atoms with Crippen molar-refractivity contribution >= 4 is 17.7 Å². The van der Waals surface area contributed by atoms with Crippen LogP contribution in [-0.2, 0) is 11.2 Å². The zero-order chi connectivity index (χ0) is 16.9. The fourth-order valence-corrected chi connectivity index (χ4v) is 4.05. The number of benzene rings is 2. The predicted octanol–water partition coefficient (Wildman–Crippen LogP) is 4.32. The van der Waals surface area contributed by atoms with Gasteiger partial charge in [-0.1, -0.05) is 24.3 Å². The molecule has 0 radical (unpaired) electrons. The number of amides is 1. The summed E-state index contributed by atoms with van der Waals surface area (Å²) in [6.45, 7) is 0. The summed E-state index contributed by atoms with van der Waals surface area (Å²) < 4.78 is 5.16. The molecule has 1 aliphatic rings. The largest absolute Gasteiger partial charge is 0.497 e. The maximum Gasteiger partial charge on any atom is 0.233 e. The third-order valence-electron chi connectivity index (χ3n) is 4.62. The van der Waals surface area contributed by atoms with Crippen LogP contribution in [0.2, 0.25) is 0 Å². The van der Waals surface area contributed by atoms with Crippen molar-refractivity contribution in [2.45, 2.75) is 30.2 Å². The van der Waals surface area contributed by atoms with Crippen LogP contribution in [0.15, 0.2) is 53.4 Å². The van der Waals surface area contributed by atoms with Gasteiger partial charge in [-0.15, -0.1) is 11.8 Å². The molecule has 0 fully saturated rings. The van der Waals surface area contributed by atoms with Crippen molar-refractivity contribution in [3.63, 3.8) is 0 Å². The molecule has 3 nitrogen and oxygen atoms in total. The molecule has 2 aromatic carbocycles. The molecule has 0 saturated heterocycles. The summed E-state index contributed by atoms with van der Waals surface area (Å²) >= 11 is 1.57. The first-order chi connectivity index (χ1) is 11.7. The Balaban J connectivity index is 1.62. The Morgan fingerprint density at radius 2 is 1.96 bits per heavy atom. The average molecular weight is 341 g/mol. The van der Waals surface area contributed by atoms with Gasteiger partial charge in [0.2, 0.25) is 5.91 Å². The van der Waals surface area contributed by atoms with Gasteiger partial charge >= 0.3 is 0 Å². The highest BCUT2D eigenvalue weighted by atomic mass is 32.2. The van der Waals surface area contributed by atoms with Gasteiger partial charge in [-0.25, -0.2) is 0 Å². The van der Waals surface area contributed by atoms with E-state index in [1.54, 1.807) is 18.9 Å². The van der Waals surface area contributed by atoms with Gasteiger partial charge in [0.1, 0.15) is 5.75 Å². The van der Waals surface area contributed by atoms with Crippen LogP contribution in [0.3, 0.4) is 0 Å². The Morgan fingerprint density at radius 3 is 2.71 bits per heavy atom. The molecule has 1 amide bonds. The highest BCUT2D eigenvalue weighted by Gasteiger charge is 2.26. The molecule has 1 aliphatic carbocycles. The van der Waals surface area contributed by atoms with E-state index in [2.05, 4.69) is 24.3 Å². The summed E-state index contributed by atoms with van der Waals surface area (Å²) in [4.78, 5) is 15.6. The fourth-order valence-electron chi connectivity index (χ4n) is 3.22. The number of aryl methyl sites for hydroxylation is 1. The Bertz CT molecular complexity index is 699. The summed E-state index contributed by atoms with van der Waals surface area (Å²) in [5.74, 6) is 1.47. The number of hydrogen-bond donors (Lipinski definition) is 0. The zero-order valence-electron chi connectivity index (χ0n) is 14.2. The second-order valence-corrected chi connectivity index (χ2v) is 7.12. The van der Waals surface area contributed by atoms with Gasteiger partial charge in [0, 0.05) is 11.9 Å². The summed E-state index contributed by atoms with van der Waals surface area (Å²) in [5, 5.41) is 0. The van der Waals surface area contributed by atoms with Gasteiger partial charge in [0.05, 0.1) is 18.9 Å².